The molecule has 17 heavy (non-hydrogen) atoms. The number of unbranched alkanes of at least 4 members (excludes halogenated alkanes) is 1. The molecular weight excluding hydrogens is 214 g/mol. The second-order valence-corrected chi connectivity index (χ2v) is 5.67. The number of hydrogen-bond donors (Lipinski definition) is 2. The summed E-state index contributed by atoms with van der Waals surface area (Å²) in [5.74, 6) is 0.517. The van der Waals surface area contributed by atoms with Crippen LogP contribution in [0.5, 0.6) is 0 Å². The Bertz CT molecular complexity index is 224. The van der Waals surface area contributed by atoms with E-state index in [0.29, 0.717) is 5.92 Å². The van der Waals surface area contributed by atoms with Gasteiger partial charge in [0.1, 0.15) is 0 Å². The molecule has 0 unspecified atom stereocenters. The molecule has 0 aromatic rings. The fourth-order valence-electron chi connectivity index (χ4n) is 2.82. The van der Waals surface area contributed by atoms with Gasteiger partial charge in [-0.25, -0.2) is 0 Å². The Morgan fingerprint density at radius 3 is 2.59 bits per heavy atom. The van der Waals surface area contributed by atoms with Crippen molar-refractivity contribution in [1.82, 2.24) is 0 Å². The largest absolute Gasteiger partial charge is 0.481 e. The van der Waals surface area contributed by atoms with Gasteiger partial charge in [-0.15, -0.1) is 0 Å². The summed E-state index contributed by atoms with van der Waals surface area (Å²) in [5, 5.41) is 8.67. The van der Waals surface area contributed by atoms with E-state index in [4.69, 9.17) is 10.8 Å². The van der Waals surface area contributed by atoms with Gasteiger partial charge in [-0.1, -0.05) is 51.9 Å². The average molecular weight is 241 g/mol. The Labute approximate surface area is 105 Å². The van der Waals surface area contributed by atoms with Gasteiger partial charge in [0.05, 0.1) is 6.42 Å². The van der Waals surface area contributed by atoms with Gasteiger partial charge in [0.2, 0.25) is 0 Å². The van der Waals surface area contributed by atoms with Crippen molar-refractivity contribution >= 4 is 5.97 Å². The molecule has 1 fully saturated rings. The third-order valence-corrected chi connectivity index (χ3v) is 4.14. The quantitative estimate of drug-likeness (QED) is 0.641. The van der Waals surface area contributed by atoms with Crippen molar-refractivity contribution in [3.8, 4) is 0 Å². The lowest BCUT2D eigenvalue weighted by Gasteiger charge is -2.18. The van der Waals surface area contributed by atoms with Crippen molar-refractivity contribution in [2.75, 3.05) is 0 Å². The van der Waals surface area contributed by atoms with E-state index in [0.717, 1.165) is 12.3 Å². The summed E-state index contributed by atoms with van der Waals surface area (Å²) in [6, 6.07) is -0.181. The molecule has 1 aliphatic carbocycles. The number of carboxylic acids is 1. The molecule has 3 heteroatoms. The van der Waals surface area contributed by atoms with Crippen LogP contribution in [0.25, 0.3) is 0 Å². The fraction of sp³-hybridized carbons (Fsp3) is 0.929. The normalized spacial score (nSPS) is 20.4. The SMILES string of the molecule is C[C@H](CCCCC1CCCC1)[C@H](N)CC(=O)O. The van der Waals surface area contributed by atoms with Crippen molar-refractivity contribution in [3.05, 3.63) is 0 Å². The maximum Gasteiger partial charge on any atom is 0.304 e. The van der Waals surface area contributed by atoms with E-state index < -0.39 is 5.97 Å². The van der Waals surface area contributed by atoms with Crippen LogP contribution in [0.3, 0.4) is 0 Å². The predicted molar refractivity (Wildman–Crippen MR) is 69.8 cm³/mol. The molecule has 0 aromatic heterocycles. The lowest BCUT2D eigenvalue weighted by molar-refractivity contribution is -0.137. The van der Waals surface area contributed by atoms with E-state index >= 15 is 0 Å². The fourth-order valence-corrected chi connectivity index (χ4v) is 2.82. The van der Waals surface area contributed by atoms with Gasteiger partial charge in [0.15, 0.2) is 0 Å². The molecule has 1 saturated carbocycles. The van der Waals surface area contributed by atoms with Crippen molar-refractivity contribution in [2.24, 2.45) is 17.6 Å². The molecule has 3 nitrogen and oxygen atoms in total. The minimum atomic E-state index is -0.782. The number of nitrogens with two attached hydrogens (primary N) is 1. The number of rotatable bonds is 8. The molecule has 0 heterocycles. The molecule has 0 spiro atoms. The number of hydrogen-bond acceptors (Lipinski definition) is 2. The number of carbonyl (C=O) groups is 1. The molecular formula is C14H27NO2. The van der Waals surface area contributed by atoms with Crippen LogP contribution >= 0.6 is 0 Å². The smallest absolute Gasteiger partial charge is 0.304 e. The Kier molecular flexibility index (Phi) is 6.56. The minimum absolute atomic E-state index is 0.101. The van der Waals surface area contributed by atoms with Crippen molar-refractivity contribution in [2.45, 2.75) is 70.8 Å². The summed E-state index contributed by atoms with van der Waals surface area (Å²) in [6.07, 6.45) is 10.7. The van der Waals surface area contributed by atoms with Gasteiger partial charge >= 0.3 is 5.97 Å². The van der Waals surface area contributed by atoms with Crippen LogP contribution in [0.15, 0.2) is 0 Å². The highest BCUT2D eigenvalue weighted by molar-refractivity contribution is 5.67. The van der Waals surface area contributed by atoms with E-state index in [1.807, 2.05) is 0 Å². The zero-order valence-electron chi connectivity index (χ0n) is 11.0. The molecule has 3 N–H and O–H groups in total. The molecule has 0 amide bonds. The highest BCUT2D eigenvalue weighted by Gasteiger charge is 2.17. The number of aliphatic carboxylic acids is 1. The summed E-state index contributed by atoms with van der Waals surface area (Å²) >= 11 is 0. The predicted octanol–water partition coefficient (Wildman–Crippen LogP) is 3.18. The van der Waals surface area contributed by atoms with Gasteiger partial charge in [-0.2, -0.15) is 0 Å². The van der Waals surface area contributed by atoms with Crippen LogP contribution < -0.4 is 5.73 Å². The zero-order chi connectivity index (χ0) is 12.7. The first-order chi connectivity index (χ1) is 8.09. The Morgan fingerprint density at radius 1 is 1.35 bits per heavy atom. The summed E-state index contributed by atoms with van der Waals surface area (Å²) in [6.45, 7) is 2.07. The van der Waals surface area contributed by atoms with Crippen molar-refractivity contribution < 1.29 is 9.90 Å². The van der Waals surface area contributed by atoms with E-state index in [9.17, 15) is 4.79 Å². The number of carboxylic acid groups (broad SMARTS) is 1. The van der Waals surface area contributed by atoms with Gasteiger partial charge < -0.3 is 10.8 Å². The van der Waals surface area contributed by atoms with E-state index in [-0.39, 0.29) is 12.5 Å². The third-order valence-electron chi connectivity index (χ3n) is 4.14. The highest BCUT2D eigenvalue weighted by atomic mass is 16.4. The topological polar surface area (TPSA) is 63.3 Å². The molecule has 0 bridgehead atoms. The summed E-state index contributed by atoms with van der Waals surface area (Å²) in [5.41, 5.74) is 5.84. The zero-order valence-corrected chi connectivity index (χ0v) is 11.0. The van der Waals surface area contributed by atoms with Gasteiger partial charge in [-0.3, -0.25) is 4.79 Å². The van der Waals surface area contributed by atoms with Gasteiger partial charge in [0.25, 0.3) is 0 Å². The summed E-state index contributed by atoms with van der Waals surface area (Å²) < 4.78 is 0. The van der Waals surface area contributed by atoms with Gasteiger partial charge in [0, 0.05) is 6.04 Å². The minimum Gasteiger partial charge on any atom is -0.481 e. The average Bonchev–Trinajstić information content (AvgIpc) is 2.75. The molecule has 0 radical (unpaired) electrons. The molecule has 0 aromatic carbocycles. The monoisotopic (exact) mass is 241 g/mol. The van der Waals surface area contributed by atoms with Crippen LogP contribution in [0, 0.1) is 11.8 Å². The van der Waals surface area contributed by atoms with Crippen molar-refractivity contribution in [3.63, 3.8) is 0 Å². The van der Waals surface area contributed by atoms with E-state index in [1.165, 1.54) is 44.9 Å². The Hall–Kier alpha value is -0.570. The summed E-state index contributed by atoms with van der Waals surface area (Å²) in [7, 11) is 0. The summed E-state index contributed by atoms with van der Waals surface area (Å²) in [4.78, 5) is 10.5. The first kappa shape index (κ1) is 14.5. The highest BCUT2D eigenvalue weighted by Crippen LogP contribution is 2.29. The van der Waals surface area contributed by atoms with Crippen molar-refractivity contribution in [1.29, 1.82) is 0 Å². The molecule has 0 saturated heterocycles. The second-order valence-electron chi connectivity index (χ2n) is 5.67. The lowest BCUT2D eigenvalue weighted by atomic mass is 9.92. The molecule has 1 aliphatic rings. The standard InChI is InChI=1S/C14H27NO2/c1-11(13(15)10-14(16)17)6-2-3-7-12-8-4-5-9-12/h11-13H,2-10,15H2,1H3,(H,16,17)/t11-,13-/m1/s1. The van der Waals surface area contributed by atoms with Crippen LogP contribution in [-0.2, 0) is 4.79 Å². The Morgan fingerprint density at radius 2 is 2.00 bits per heavy atom. The molecule has 100 valence electrons. The third kappa shape index (κ3) is 6.06. The van der Waals surface area contributed by atoms with Gasteiger partial charge in [-0.05, 0) is 18.3 Å². The first-order valence-corrected chi connectivity index (χ1v) is 7.07. The first-order valence-electron chi connectivity index (χ1n) is 7.07. The Balaban J connectivity index is 2.02. The lowest BCUT2D eigenvalue weighted by Crippen LogP contribution is -2.30. The maximum absolute atomic E-state index is 10.5. The maximum atomic E-state index is 10.5. The van der Waals surface area contributed by atoms with Crippen LogP contribution in [0.4, 0.5) is 0 Å². The molecule has 0 aliphatic heterocycles. The van der Waals surface area contributed by atoms with E-state index in [2.05, 4.69) is 6.92 Å². The second kappa shape index (κ2) is 7.70. The van der Waals surface area contributed by atoms with E-state index in [1.54, 1.807) is 0 Å². The van der Waals surface area contributed by atoms with Crippen LogP contribution in [0.2, 0.25) is 0 Å². The molecule has 1 rings (SSSR count). The van der Waals surface area contributed by atoms with Crippen LogP contribution in [0.1, 0.15) is 64.7 Å². The van der Waals surface area contributed by atoms with Crippen LogP contribution in [-0.4, -0.2) is 17.1 Å². The molecule has 2 atom stereocenters.